The minimum Gasteiger partial charge on any atom is -0.372 e. The summed E-state index contributed by atoms with van der Waals surface area (Å²) in [6, 6.07) is 16.1. The first-order valence-electron chi connectivity index (χ1n) is 9.96. The topological polar surface area (TPSA) is 70.2 Å². The van der Waals surface area contributed by atoms with Crippen molar-refractivity contribution in [3.05, 3.63) is 77.7 Å². The normalized spacial score (nSPS) is 13.3. The van der Waals surface area contributed by atoms with Crippen molar-refractivity contribution >= 4 is 23.1 Å². The molecule has 0 saturated carbocycles. The Morgan fingerprint density at radius 1 is 1.00 bits per heavy atom. The minimum absolute atomic E-state index is 0.267. The first kappa shape index (κ1) is 18.9. The predicted molar refractivity (Wildman–Crippen MR) is 116 cm³/mol. The van der Waals surface area contributed by atoms with Crippen LogP contribution in [0.4, 0.5) is 17.2 Å². The Kier molecular flexibility index (Phi) is 5.70. The Morgan fingerprint density at radius 3 is 2.45 bits per heavy atom. The van der Waals surface area contributed by atoms with E-state index in [1.54, 1.807) is 6.20 Å². The highest BCUT2D eigenvalue weighted by atomic mass is 16.1. The summed E-state index contributed by atoms with van der Waals surface area (Å²) in [6.07, 6.45) is 5.57. The van der Waals surface area contributed by atoms with Crippen molar-refractivity contribution < 1.29 is 4.79 Å². The van der Waals surface area contributed by atoms with Crippen LogP contribution in [-0.4, -0.2) is 29.0 Å². The summed E-state index contributed by atoms with van der Waals surface area (Å²) in [6.45, 7) is 4.95. The average molecular weight is 387 g/mol. The monoisotopic (exact) mass is 387 g/mol. The van der Waals surface area contributed by atoms with Crippen LogP contribution in [0.5, 0.6) is 0 Å². The number of aromatic nitrogens is 2. The van der Waals surface area contributed by atoms with Gasteiger partial charge in [0.1, 0.15) is 11.5 Å². The zero-order valence-electron chi connectivity index (χ0n) is 16.6. The third-order valence-corrected chi connectivity index (χ3v) is 5.20. The molecule has 0 aliphatic carbocycles. The van der Waals surface area contributed by atoms with Gasteiger partial charge in [-0.25, -0.2) is 9.97 Å². The van der Waals surface area contributed by atoms with Gasteiger partial charge >= 0.3 is 0 Å². The molecule has 29 heavy (non-hydrogen) atoms. The van der Waals surface area contributed by atoms with Crippen LogP contribution in [0.3, 0.4) is 0 Å². The van der Waals surface area contributed by atoms with E-state index in [-0.39, 0.29) is 11.6 Å². The average Bonchev–Trinajstić information content (AvgIpc) is 3.29. The molecular weight excluding hydrogens is 362 g/mol. The lowest BCUT2D eigenvalue weighted by atomic mass is 10.1. The molecule has 0 atom stereocenters. The SMILES string of the molecule is Cc1ccccc1CNc1cnc(C(=O)Nc2ccc(N3CCCC3)cc2)cn1. The molecule has 2 N–H and O–H groups in total. The highest BCUT2D eigenvalue weighted by Crippen LogP contribution is 2.22. The molecule has 2 aromatic carbocycles. The molecule has 6 heteroatoms. The van der Waals surface area contributed by atoms with Gasteiger partial charge in [-0.05, 0) is 55.2 Å². The molecule has 4 rings (SSSR count). The van der Waals surface area contributed by atoms with Gasteiger partial charge in [-0.2, -0.15) is 0 Å². The number of aryl methyl sites for hydroxylation is 1. The maximum Gasteiger partial charge on any atom is 0.275 e. The summed E-state index contributed by atoms with van der Waals surface area (Å²) in [7, 11) is 0. The molecule has 6 nitrogen and oxygen atoms in total. The van der Waals surface area contributed by atoms with E-state index in [1.165, 1.54) is 35.9 Å². The van der Waals surface area contributed by atoms with Gasteiger partial charge in [0.15, 0.2) is 0 Å². The fourth-order valence-corrected chi connectivity index (χ4v) is 3.46. The van der Waals surface area contributed by atoms with Crippen LogP contribution in [-0.2, 0) is 6.54 Å². The largest absolute Gasteiger partial charge is 0.372 e. The molecule has 148 valence electrons. The standard InChI is InChI=1S/C23H25N5O/c1-17-6-2-3-7-18(17)14-25-22-16-24-21(15-26-22)23(29)27-19-8-10-20(11-9-19)28-12-4-5-13-28/h2-3,6-11,15-16H,4-5,12-14H2,1H3,(H,25,26)(H,27,29). The van der Waals surface area contributed by atoms with Gasteiger partial charge in [-0.15, -0.1) is 0 Å². The number of hydrogen-bond acceptors (Lipinski definition) is 5. The number of nitrogens with zero attached hydrogens (tertiary/aromatic N) is 3. The second-order valence-electron chi connectivity index (χ2n) is 7.26. The van der Waals surface area contributed by atoms with Crippen molar-refractivity contribution in [1.29, 1.82) is 0 Å². The van der Waals surface area contributed by atoms with Crippen molar-refractivity contribution in [3.8, 4) is 0 Å². The number of nitrogens with one attached hydrogen (secondary N) is 2. The maximum atomic E-state index is 12.4. The van der Waals surface area contributed by atoms with Crippen molar-refractivity contribution in [2.45, 2.75) is 26.3 Å². The van der Waals surface area contributed by atoms with Crippen LogP contribution in [0.2, 0.25) is 0 Å². The predicted octanol–water partition coefficient (Wildman–Crippen LogP) is 4.25. The molecule has 1 fully saturated rings. The van der Waals surface area contributed by atoms with Crippen LogP contribution in [0, 0.1) is 6.92 Å². The molecule has 0 unspecified atom stereocenters. The van der Waals surface area contributed by atoms with E-state index in [2.05, 4.69) is 44.6 Å². The lowest BCUT2D eigenvalue weighted by Crippen LogP contribution is -2.18. The quantitative estimate of drug-likeness (QED) is 0.662. The van der Waals surface area contributed by atoms with Gasteiger partial charge in [0, 0.05) is 31.0 Å². The number of carbonyl (C=O) groups excluding carboxylic acids is 1. The molecule has 3 aromatic rings. The van der Waals surface area contributed by atoms with E-state index in [1.807, 2.05) is 36.4 Å². The molecule has 1 aliphatic heterocycles. The summed E-state index contributed by atoms with van der Waals surface area (Å²) in [5, 5.41) is 6.12. The summed E-state index contributed by atoms with van der Waals surface area (Å²) in [5.41, 5.74) is 4.66. The third kappa shape index (κ3) is 4.71. The lowest BCUT2D eigenvalue weighted by molar-refractivity contribution is 0.102. The van der Waals surface area contributed by atoms with Crippen molar-refractivity contribution in [3.63, 3.8) is 0 Å². The molecular formula is C23H25N5O. The molecule has 1 aliphatic rings. The Morgan fingerprint density at radius 2 is 1.76 bits per heavy atom. The fourth-order valence-electron chi connectivity index (χ4n) is 3.46. The summed E-state index contributed by atoms with van der Waals surface area (Å²) in [4.78, 5) is 23.4. The number of anilines is 3. The van der Waals surface area contributed by atoms with E-state index in [0.29, 0.717) is 12.4 Å². The van der Waals surface area contributed by atoms with E-state index in [9.17, 15) is 4.79 Å². The lowest BCUT2D eigenvalue weighted by Gasteiger charge is -2.17. The first-order valence-corrected chi connectivity index (χ1v) is 9.96. The van der Waals surface area contributed by atoms with E-state index >= 15 is 0 Å². The number of hydrogen-bond donors (Lipinski definition) is 2. The molecule has 0 radical (unpaired) electrons. The molecule has 1 amide bonds. The van der Waals surface area contributed by atoms with Crippen molar-refractivity contribution in [2.24, 2.45) is 0 Å². The third-order valence-electron chi connectivity index (χ3n) is 5.20. The van der Waals surface area contributed by atoms with Crippen LogP contribution >= 0.6 is 0 Å². The highest BCUT2D eigenvalue weighted by molar-refractivity contribution is 6.02. The zero-order chi connectivity index (χ0) is 20.1. The molecule has 2 heterocycles. The maximum absolute atomic E-state index is 12.4. The second-order valence-corrected chi connectivity index (χ2v) is 7.26. The Balaban J connectivity index is 1.33. The highest BCUT2D eigenvalue weighted by Gasteiger charge is 2.13. The molecule has 0 spiro atoms. The molecule has 1 aromatic heterocycles. The zero-order valence-corrected chi connectivity index (χ0v) is 16.6. The van der Waals surface area contributed by atoms with Gasteiger partial charge in [0.2, 0.25) is 0 Å². The van der Waals surface area contributed by atoms with E-state index in [4.69, 9.17) is 0 Å². The second kappa shape index (κ2) is 8.73. The van der Waals surface area contributed by atoms with Gasteiger partial charge in [-0.3, -0.25) is 4.79 Å². The number of carbonyl (C=O) groups is 1. The van der Waals surface area contributed by atoms with E-state index < -0.39 is 0 Å². The van der Waals surface area contributed by atoms with Crippen LogP contribution in [0.15, 0.2) is 60.9 Å². The van der Waals surface area contributed by atoms with Crippen LogP contribution in [0.25, 0.3) is 0 Å². The smallest absolute Gasteiger partial charge is 0.275 e. The fraction of sp³-hybridized carbons (Fsp3) is 0.261. The van der Waals surface area contributed by atoms with Gasteiger partial charge < -0.3 is 15.5 Å². The van der Waals surface area contributed by atoms with Gasteiger partial charge in [-0.1, -0.05) is 24.3 Å². The Hall–Kier alpha value is -3.41. The number of benzene rings is 2. The summed E-state index contributed by atoms with van der Waals surface area (Å²) >= 11 is 0. The Bertz CT molecular complexity index is 963. The molecule has 1 saturated heterocycles. The Labute approximate surface area is 171 Å². The molecule has 0 bridgehead atoms. The first-order chi connectivity index (χ1) is 14.2. The van der Waals surface area contributed by atoms with Crippen molar-refractivity contribution in [2.75, 3.05) is 28.6 Å². The van der Waals surface area contributed by atoms with Gasteiger partial charge in [0.05, 0.1) is 12.4 Å². The van der Waals surface area contributed by atoms with Gasteiger partial charge in [0.25, 0.3) is 5.91 Å². The van der Waals surface area contributed by atoms with Crippen molar-refractivity contribution in [1.82, 2.24) is 9.97 Å². The van der Waals surface area contributed by atoms with E-state index in [0.717, 1.165) is 18.8 Å². The van der Waals surface area contributed by atoms with Crippen LogP contribution < -0.4 is 15.5 Å². The number of amides is 1. The number of rotatable bonds is 6. The summed E-state index contributed by atoms with van der Waals surface area (Å²) < 4.78 is 0. The minimum atomic E-state index is -0.267. The summed E-state index contributed by atoms with van der Waals surface area (Å²) in [5.74, 6) is 0.372. The van der Waals surface area contributed by atoms with Crippen LogP contribution in [0.1, 0.15) is 34.5 Å².